The molecule has 2 heterocycles. The lowest BCUT2D eigenvalue weighted by atomic mass is 9.99. The number of nitrogens with zero attached hydrogens (tertiary/aromatic N) is 1. The molecule has 3 heteroatoms. The van der Waals surface area contributed by atoms with E-state index in [1.54, 1.807) is 7.11 Å². The van der Waals surface area contributed by atoms with Crippen molar-refractivity contribution in [2.24, 2.45) is 0 Å². The Morgan fingerprint density at radius 3 is 2.68 bits per heavy atom. The molecule has 0 unspecified atom stereocenters. The van der Waals surface area contributed by atoms with E-state index in [1.165, 1.54) is 59.2 Å². The molecule has 0 aliphatic carbocycles. The molecule has 0 bridgehead atoms. The highest BCUT2D eigenvalue weighted by Gasteiger charge is 2.13. The zero-order valence-electron chi connectivity index (χ0n) is 17.0. The third kappa shape index (κ3) is 4.15. The van der Waals surface area contributed by atoms with Crippen LogP contribution in [0.3, 0.4) is 0 Å². The van der Waals surface area contributed by atoms with Crippen molar-refractivity contribution < 1.29 is 4.74 Å². The van der Waals surface area contributed by atoms with Crippen LogP contribution in [0.1, 0.15) is 36.1 Å². The largest absolute Gasteiger partial charge is 0.497 e. The maximum absolute atomic E-state index is 5.41. The minimum absolute atomic E-state index is 0.932. The van der Waals surface area contributed by atoms with Crippen molar-refractivity contribution in [2.45, 2.75) is 32.6 Å². The molecular formula is C25H30N2O. The third-order valence-electron chi connectivity index (χ3n) is 5.92. The molecule has 1 aliphatic heterocycles. The molecule has 3 aromatic rings. The van der Waals surface area contributed by atoms with Crippen LogP contribution in [0.25, 0.3) is 16.5 Å². The summed E-state index contributed by atoms with van der Waals surface area (Å²) in [4.78, 5) is 6.10. The van der Waals surface area contributed by atoms with E-state index >= 15 is 0 Å². The van der Waals surface area contributed by atoms with E-state index in [0.717, 1.165) is 25.1 Å². The van der Waals surface area contributed by atoms with Crippen molar-refractivity contribution in [1.29, 1.82) is 0 Å². The predicted octanol–water partition coefficient (Wildman–Crippen LogP) is 5.60. The van der Waals surface area contributed by atoms with E-state index in [0.29, 0.717) is 0 Å². The fourth-order valence-electron chi connectivity index (χ4n) is 4.28. The number of aromatic nitrogens is 1. The van der Waals surface area contributed by atoms with Crippen molar-refractivity contribution in [1.82, 2.24) is 9.88 Å². The SMILES string of the molecule is COc1ccc2[nH]c(C)c(CCCCN3CC=C(c4ccccc4)CC3)c2c1. The molecule has 1 aromatic heterocycles. The monoisotopic (exact) mass is 374 g/mol. The Morgan fingerprint density at radius 1 is 1.07 bits per heavy atom. The van der Waals surface area contributed by atoms with Crippen molar-refractivity contribution in [2.75, 3.05) is 26.7 Å². The number of rotatable bonds is 7. The first kappa shape index (κ1) is 18.8. The first-order valence-electron chi connectivity index (χ1n) is 10.4. The molecule has 1 aliphatic rings. The lowest BCUT2D eigenvalue weighted by Gasteiger charge is -2.26. The quantitative estimate of drug-likeness (QED) is 0.546. The summed E-state index contributed by atoms with van der Waals surface area (Å²) < 4.78 is 5.41. The first-order valence-corrected chi connectivity index (χ1v) is 10.4. The number of hydrogen-bond donors (Lipinski definition) is 1. The van der Waals surface area contributed by atoms with Gasteiger partial charge in [0.1, 0.15) is 5.75 Å². The van der Waals surface area contributed by atoms with Crippen LogP contribution < -0.4 is 4.74 Å². The summed E-state index contributed by atoms with van der Waals surface area (Å²) >= 11 is 0. The van der Waals surface area contributed by atoms with Crippen molar-refractivity contribution in [3.05, 3.63) is 71.4 Å². The van der Waals surface area contributed by atoms with Gasteiger partial charge in [0.05, 0.1) is 7.11 Å². The van der Waals surface area contributed by atoms with Crippen molar-refractivity contribution in [3.8, 4) is 5.75 Å². The van der Waals surface area contributed by atoms with Gasteiger partial charge in [0.15, 0.2) is 0 Å². The topological polar surface area (TPSA) is 28.3 Å². The van der Waals surface area contributed by atoms with Gasteiger partial charge in [0.2, 0.25) is 0 Å². The Morgan fingerprint density at radius 2 is 1.93 bits per heavy atom. The average molecular weight is 375 g/mol. The third-order valence-corrected chi connectivity index (χ3v) is 5.92. The lowest BCUT2D eigenvalue weighted by molar-refractivity contribution is 0.295. The van der Waals surface area contributed by atoms with Crippen LogP contribution in [0.4, 0.5) is 0 Å². The minimum atomic E-state index is 0.932. The molecule has 0 saturated heterocycles. The number of ether oxygens (including phenoxy) is 1. The van der Waals surface area contributed by atoms with E-state index in [1.807, 2.05) is 6.07 Å². The van der Waals surface area contributed by atoms with E-state index in [-0.39, 0.29) is 0 Å². The Hall–Kier alpha value is -2.52. The van der Waals surface area contributed by atoms with Crippen LogP contribution in [0.5, 0.6) is 5.75 Å². The average Bonchev–Trinajstić information content (AvgIpc) is 3.06. The molecule has 0 spiro atoms. The summed E-state index contributed by atoms with van der Waals surface area (Å²) in [5.41, 5.74) is 6.82. The Kier molecular flexibility index (Phi) is 5.82. The van der Waals surface area contributed by atoms with Crippen LogP contribution in [0.2, 0.25) is 0 Å². The molecule has 0 atom stereocenters. The van der Waals surface area contributed by atoms with Gasteiger partial charge in [-0.3, -0.25) is 4.90 Å². The lowest BCUT2D eigenvalue weighted by Crippen LogP contribution is -2.29. The van der Waals surface area contributed by atoms with E-state index in [4.69, 9.17) is 4.74 Å². The van der Waals surface area contributed by atoms with Crippen LogP contribution in [-0.2, 0) is 6.42 Å². The molecule has 28 heavy (non-hydrogen) atoms. The second kappa shape index (κ2) is 8.66. The van der Waals surface area contributed by atoms with Crippen LogP contribution >= 0.6 is 0 Å². The fourth-order valence-corrected chi connectivity index (χ4v) is 4.28. The highest BCUT2D eigenvalue weighted by molar-refractivity contribution is 5.86. The molecule has 2 aromatic carbocycles. The molecule has 0 fully saturated rings. The maximum atomic E-state index is 5.41. The van der Waals surface area contributed by atoms with Gasteiger partial charge in [-0.1, -0.05) is 36.4 Å². The summed E-state index contributed by atoms with van der Waals surface area (Å²) in [5, 5.41) is 1.31. The molecule has 0 radical (unpaired) electrons. The summed E-state index contributed by atoms with van der Waals surface area (Å²) in [5.74, 6) is 0.932. The van der Waals surface area contributed by atoms with Gasteiger partial charge in [0, 0.05) is 29.7 Å². The van der Waals surface area contributed by atoms with Crippen LogP contribution in [-0.4, -0.2) is 36.6 Å². The smallest absolute Gasteiger partial charge is 0.119 e. The molecule has 3 nitrogen and oxygen atoms in total. The number of fused-ring (bicyclic) bond motifs is 1. The van der Waals surface area contributed by atoms with Crippen molar-refractivity contribution >= 4 is 16.5 Å². The number of aromatic amines is 1. The van der Waals surface area contributed by atoms with Gasteiger partial charge in [-0.2, -0.15) is 0 Å². The number of hydrogen-bond acceptors (Lipinski definition) is 2. The Balaban J connectivity index is 1.29. The standard InChI is InChI=1S/C25H30N2O/c1-19-23(24-18-22(28-2)11-12-25(24)26-19)10-6-7-15-27-16-13-21(14-17-27)20-8-4-3-5-9-20/h3-5,8-9,11-13,18,26H,6-7,10,14-17H2,1-2H3. The second-order valence-corrected chi connectivity index (χ2v) is 7.74. The molecular weight excluding hydrogens is 344 g/mol. The zero-order valence-corrected chi connectivity index (χ0v) is 17.0. The maximum Gasteiger partial charge on any atom is 0.119 e. The number of methoxy groups -OCH3 is 1. The minimum Gasteiger partial charge on any atom is -0.497 e. The molecule has 1 N–H and O–H groups in total. The van der Waals surface area contributed by atoms with E-state index in [2.05, 4.69) is 65.3 Å². The van der Waals surface area contributed by atoms with Crippen molar-refractivity contribution in [3.63, 3.8) is 0 Å². The second-order valence-electron chi connectivity index (χ2n) is 7.74. The summed E-state index contributed by atoms with van der Waals surface area (Å²) in [6, 6.07) is 17.1. The summed E-state index contributed by atoms with van der Waals surface area (Å²) in [6.07, 6.45) is 7.15. The van der Waals surface area contributed by atoms with Gasteiger partial charge in [-0.15, -0.1) is 0 Å². The fraction of sp³-hybridized carbons (Fsp3) is 0.360. The highest BCUT2D eigenvalue weighted by atomic mass is 16.5. The number of nitrogens with one attached hydrogen (secondary N) is 1. The number of unbranched alkanes of at least 4 members (excludes halogenated alkanes) is 1. The zero-order chi connectivity index (χ0) is 19.3. The molecule has 0 saturated carbocycles. The van der Waals surface area contributed by atoms with Gasteiger partial charge in [-0.25, -0.2) is 0 Å². The number of H-pyrrole nitrogens is 1. The molecule has 4 rings (SSSR count). The number of benzene rings is 2. The first-order chi connectivity index (χ1) is 13.7. The van der Waals surface area contributed by atoms with Gasteiger partial charge >= 0.3 is 0 Å². The summed E-state index contributed by atoms with van der Waals surface area (Å²) in [7, 11) is 1.73. The molecule has 0 amide bonds. The Bertz CT molecular complexity index is 955. The van der Waals surface area contributed by atoms with Gasteiger partial charge in [0.25, 0.3) is 0 Å². The van der Waals surface area contributed by atoms with Crippen LogP contribution in [0.15, 0.2) is 54.6 Å². The highest BCUT2D eigenvalue weighted by Crippen LogP contribution is 2.28. The number of aryl methyl sites for hydroxylation is 2. The van der Waals surface area contributed by atoms with Gasteiger partial charge in [-0.05, 0) is 74.1 Å². The van der Waals surface area contributed by atoms with Crippen LogP contribution in [0, 0.1) is 6.92 Å². The summed E-state index contributed by atoms with van der Waals surface area (Å²) in [6.45, 7) is 5.61. The van der Waals surface area contributed by atoms with E-state index < -0.39 is 0 Å². The van der Waals surface area contributed by atoms with Gasteiger partial charge < -0.3 is 9.72 Å². The van der Waals surface area contributed by atoms with E-state index in [9.17, 15) is 0 Å². The predicted molar refractivity (Wildman–Crippen MR) is 118 cm³/mol. The normalized spacial score (nSPS) is 15.0. The molecule has 146 valence electrons. The Labute approximate surface area is 168 Å².